The van der Waals surface area contributed by atoms with E-state index in [1.807, 2.05) is 12.1 Å². The summed E-state index contributed by atoms with van der Waals surface area (Å²) in [4.78, 5) is 69.5. The highest BCUT2D eigenvalue weighted by Crippen LogP contribution is 2.42. The van der Waals surface area contributed by atoms with Gasteiger partial charge in [-0.2, -0.15) is 4.31 Å². The van der Waals surface area contributed by atoms with Gasteiger partial charge in [0.2, 0.25) is 15.9 Å². The lowest BCUT2D eigenvalue weighted by Crippen LogP contribution is -2.34. The van der Waals surface area contributed by atoms with Crippen molar-refractivity contribution in [3.8, 4) is 17.2 Å². The molecule has 1 aliphatic rings. The molecule has 1 atom stereocenters. The van der Waals surface area contributed by atoms with Crippen molar-refractivity contribution in [1.82, 2.24) is 9.62 Å². The molecule has 0 spiro atoms. The molecule has 1 heterocycles. The number of ether oxygens (including phenoxy) is 3. The summed E-state index contributed by atoms with van der Waals surface area (Å²) in [6, 6.07) is 11.7. The van der Waals surface area contributed by atoms with Gasteiger partial charge in [-0.3, -0.25) is 19.2 Å². The molecule has 1 aliphatic heterocycles. The van der Waals surface area contributed by atoms with Gasteiger partial charge in [0.1, 0.15) is 17.2 Å². The Labute approximate surface area is 379 Å². The number of sulfonamides is 1. The second kappa shape index (κ2) is 20.5. The number of halogens is 1. The Balaban J connectivity index is 1.77. The van der Waals surface area contributed by atoms with E-state index < -0.39 is 52.1 Å². The van der Waals surface area contributed by atoms with Crippen LogP contribution in [0.2, 0.25) is 0 Å². The van der Waals surface area contributed by atoms with Gasteiger partial charge in [-0.05, 0) is 79.0 Å². The highest BCUT2D eigenvalue weighted by atomic mass is 79.9. The summed E-state index contributed by atoms with van der Waals surface area (Å²) in [6.45, 7) is 20.0. The van der Waals surface area contributed by atoms with Crippen molar-refractivity contribution in [2.75, 3.05) is 42.8 Å². The average molecular weight is 955 g/mol. The van der Waals surface area contributed by atoms with Crippen molar-refractivity contribution in [2.45, 2.75) is 117 Å². The molecule has 1 unspecified atom stereocenters. The molecule has 5 amide bonds. The summed E-state index contributed by atoms with van der Waals surface area (Å²) >= 11 is 3.25. The summed E-state index contributed by atoms with van der Waals surface area (Å²) in [6.07, 6.45) is 0.134. The Kier molecular flexibility index (Phi) is 16.4. The van der Waals surface area contributed by atoms with Gasteiger partial charge < -0.3 is 30.2 Å². The molecule has 342 valence electrons. The molecule has 63 heavy (non-hydrogen) atoms. The maximum absolute atomic E-state index is 14.3. The van der Waals surface area contributed by atoms with Gasteiger partial charge in [0.05, 0.1) is 42.6 Å². The highest BCUT2D eigenvalue weighted by molar-refractivity contribution is 9.11. The van der Waals surface area contributed by atoms with Gasteiger partial charge in [-0.25, -0.2) is 18.1 Å². The van der Waals surface area contributed by atoms with E-state index in [0.717, 1.165) is 28.9 Å². The average Bonchev–Trinajstić information content (AvgIpc) is 3.55. The molecule has 0 aromatic heterocycles. The third kappa shape index (κ3) is 10.9. The molecule has 4 rings (SSSR count). The van der Waals surface area contributed by atoms with Crippen LogP contribution < -0.4 is 35.1 Å². The van der Waals surface area contributed by atoms with Crippen molar-refractivity contribution in [1.29, 1.82) is 0 Å². The van der Waals surface area contributed by atoms with Crippen molar-refractivity contribution in [3.05, 3.63) is 75.4 Å². The number of imide groups is 1. The first-order valence-electron chi connectivity index (χ1n) is 20.9. The van der Waals surface area contributed by atoms with Crippen LogP contribution in [-0.4, -0.2) is 75.7 Å². The zero-order chi connectivity index (χ0) is 47.2. The van der Waals surface area contributed by atoms with Crippen LogP contribution in [0.1, 0.15) is 116 Å². The first-order valence-corrected chi connectivity index (χ1v) is 23.2. The molecule has 1 saturated heterocycles. The molecule has 3 aromatic rings. The molecule has 0 aliphatic carbocycles. The number of ketones is 1. The molecule has 17 heteroatoms. The fourth-order valence-electron chi connectivity index (χ4n) is 6.89. The van der Waals surface area contributed by atoms with E-state index in [2.05, 4.69) is 79.5 Å². The zero-order valence-electron chi connectivity index (χ0n) is 38.2. The second-order valence-electron chi connectivity index (χ2n) is 16.3. The van der Waals surface area contributed by atoms with Crippen LogP contribution in [-0.2, 0) is 35.2 Å². The summed E-state index contributed by atoms with van der Waals surface area (Å²) in [5.41, 5.74) is 1.22. The van der Waals surface area contributed by atoms with E-state index in [4.69, 9.17) is 14.2 Å². The summed E-state index contributed by atoms with van der Waals surface area (Å²) < 4.78 is 45.8. The number of amides is 5. The fourth-order valence-corrected chi connectivity index (χ4v) is 8.64. The van der Waals surface area contributed by atoms with E-state index in [1.165, 1.54) is 48.9 Å². The molecule has 0 radical (unpaired) electrons. The van der Waals surface area contributed by atoms with Crippen molar-refractivity contribution >= 4 is 72.6 Å². The Morgan fingerprint density at radius 1 is 0.841 bits per heavy atom. The van der Waals surface area contributed by atoms with Gasteiger partial charge in [-0.1, -0.05) is 90.4 Å². The highest BCUT2D eigenvalue weighted by Gasteiger charge is 2.39. The molecule has 0 bridgehead atoms. The first kappa shape index (κ1) is 50.4. The Morgan fingerprint density at radius 2 is 1.48 bits per heavy atom. The topological polar surface area (TPSA) is 190 Å². The molecule has 3 aromatic carbocycles. The first-order chi connectivity index (χ1) is 29.5. The maximum atomic E-state index is 14.3. The second-order valence-corrected chi connectivity index (χ2v) is 19.5. The lowest BCUT2D eigenvalue weighted by molar-refractivity contribution is -0.123. The van der Waals surface area contributed by atoms with Crippen LogP contribution in [0.15, 0.2) is 63.6 Å². The van der Waals surface area contributed by atoms with Gasteiger partial charge in [0.15, 0.2) is 17.6 Å². The van der Waals surface area contributed by atoms with Crippen LogP contribution in [0.5, 0.6) is 17.2 Å². The minimum Gasteiger partial charge on any atom is -0.495 e. The van der Waals surface area contributed by atoms with Gasteiger partial charge >= 0.3 is 6.03 Å². The molecular formula is C46H60BrN5O10S. The number of anilines is 3. The van der Waals surface area contributed by atoms with Crippen LogP contribution >= 0.6 is 15.9 Å². The molecular weight excluding hydrogens is 895 g/mol. The minimum atomic E-state index is -3.91. The number of Topliss-reactive ketones (excluding diaryl/α,β-unsaturated/α-hetero) is 1. The van der Waals surface area contributed by atoms with Gasteiger partial charge in [0, 0.05) is 28.7 Å². The van der Waals surface area contributed by atoms with Crippen molar-refractivity contribution in [2.24, 2.45) is 0 Å². The van der Waals surface area contributed by atoms with Crippen LogP contribution in [0.25, 0.3) is 0 Å². The Morgan fingerprint density at radius 3 is 2.02 bits per heavy atom. The number of allylic oxidation sites excluding steroid dienone is 1. The van der Waals surface area contributed by atoms with Crippen LogP contribution in [0.4, 0.5) is 21.9 Å². The fraction of sp³-hybridized carbons (Fsp3) is 0.457. The predicted octanol–water partition coefficient (Wildman–Crippen LogP) is 8.80. The number of nitrogens with one attached hydrogen (secondary N) is 3. The van der Waals surface area contributed by atoms with Crippen molar-refractivity contribution in [3.63, 3.8) is 0 Å². The summed E-state index contributed by atoms with van der Waals surface area (Å²) in [7, 11) is -1.29. The largest absolute Gasteiger partial charge is 0.495 e. The third-order valence-electron chi connectivity index (χ3n) is 11.6. The molecule has 0 saturated carbocycles. The minimum absolute atomic E-state index is 0.00972. The number of hydrogen-bond acceptors (Lipinski definition) is 10. The number of rotatable bonds is 20. The lowest BCUT2D eigenvalue weighted by Gasteiger charge is -2.31. The van der Waals surface area contributed by atoms with E-state index in [0.29, 0.717) is 10.2 Å². The number of methoxy groups -OCH3 is 2. The smallest absolute Gasteiger partial charge is 0.333 e. The molecule has 15 nitrogen and oxygen atoms in total. The maximum Gasteiger partial charge on any atom is 0.333 e. The van der Waals surface area contributed by atoms with Crippen LogP contribution in [0.3, 0.4) is 0 Å². The predicted molar refractivity (Wildman–Crippen MR) is 248 cm³/mol. The zero-order valence-corrected chi connectivity index (χ0v) is 40.6. The van der Waals surface area contributed by atoms with Gasteiger partial charge in [-0.15, -0.1) is 0 Å². The van der Waals surface area contributed by atoms with E-state index in [1.54, 1.807) is 27.7 Å². The number of carbonyl (C=O) groups is 5. The Bertz CT molecular complexity index is 2410. The molecule has 1 fully saturated rings. The number of benzene rings is 3. The number of hydrogen-bond donors (Lipinski definition) is 3. The SMILES string of the molecule is CCC(Oc1ccc(C(C)(C)CC)cc1C(C)(C)CC)C(=O)Nc1cc(C(=O)CC(=O)Nc2cc(S(=O)(=O)N(CC)CC)ccc2OC)cc(N2C(=O)NC(=C(C)Br)C2=O)c1OC. The lowest BCUT2D eigenvalue weighted by atomic mass is 9.76. The Hall–Kier alpha value is -5.26. The summed E-state index contributed by atoms with van der Waals surface area (Å²) in [5, 5.41) is 7.90. The van der Waals surface area contributed by atoms with E-state index >= 15 is 0 Å². The van der Waals surface area contributed by atoms with Gasteiger partial charge in [0.25, 0.3) is 11.8 Å². The van der Waals surface area contributed by atoms with Crippen LogP contribution in [0, 0.1) is 0 Å². The standard InChI is InChI=1S/C46H60BrN5O10S/c1-13-36(62-37-20-18-29(45(7,8)14-2)24-31(37)46(9,10)15-3)42(55)49-33-22-28(23-34(41(33)61-12)52-43(56)40(27(6)47)50-44(52)57)35(53)26-39(54)48-32-25-30(19-21-38(32)60-11)63(58,59)51(16-4)17-5/h18-25,36H,13-17,26H2,1-12H3,(H,48,54)(H,49,55)(H,50,57). The number of urea groups is 1. The summed E-state index contributed by atoms with van der Waals surface area (Å²) in [5.74, 6) is -2.41. The third-order valence-corrected chi connectivity index (χ3v) is 14.0. The normalized spacial score (nSPS) is 14.6. The van der Waals surface area contributed by atoms with Crippen molar-refractivity contribution < 1.29 is 46.6 Å². The molecule has 3 N–H and O–H groups in total. The van der Waals surface area contributed by atoms with E-state index in [-0.39, 0.29) is 75.1 Å². The monoisotopic (exact) mass is 953 g/mol. The quantitative estimate of drug-likeness (QED) is 0.0427. The van der Waals surface area contributed by atoms with E-state index in [9.17, 15) is 32.4 Å². The number of nitrogens with zero attached hydrogens (tertiary/aromatic N) is 2. The number of carbonyl (C=O) groups excluding carboxylic acids is 5.